The number of aryl methyl sites for hydroxylation is 3. The number of nitrogens with zero attached hydrogens (tertiary/aromatic N) is 4. The zero-order valence-corrected chi connectivity index (χ0v) is 16.1. The molecule has 0 bridgehead atoms. The van der Waals surface area contributed by atoms with Gasteiger partial charge in [-0.2, -0.15) is 0 Å². The van der Waals surface area contributed by atoms with Crippen molar-refractivity contribution in [2.45, 2.75) is 39.7 Å². The van der Waals surface area contributed by atoms with Crippen molar-refractivity contribution in [3.05, 3.63) is 64.7 Å². The molecule has 28 heavy (non-hydrogen) atoms. The minimum Gasteiger partial charge on any atom is -0.361 e. The molecule has 7 heteroatoms. The van der Waals surface area contributed by atoms with Crippen molar-refractivity contribution in [1.29, 1.82) is 0 Å². The first kappa shape index (κ1) is 18.3. The van der Waals surface area contributed by atoms with Crippen molar-refractivity contribution in [2.75, 3.05) is 6.54 Å². The normalized spacial score (nSPS) is 16.6. The SMILES string of the molecule is Cc1nc(-c2c(C)noc2C)cc([C@H]2CCCN2C(=O)c2ccc(F)cc2)n1. The Morgan fingerprint density at radius 3 is 2.61 bits per heavy atom. The Hall–Kier alpha value is -3.09. The number of benzene rings is 1. The third-order valence-corrected chi connectivity index (χ3v) is 5.09. The third kappa shape index (κ3) is 3.28. The lowest BCUT2D eigenvalue weighted by Crippen LogP contribution is -2.31. The van der Waals surface area contributed by atoms with Crippen molar-refractivity contribution in [3.63, 3.8) is 0 Å². The van der Waals surface area contributed by atoms with E-state index in [0.29, 0.717) is 23.7 Å². The van der Waals surface area contributed by atoms with E-state index in [2.05, 4.69) is 15.1 Å². The van der Waals surface area contributed by atoms with Gasteiger partial charge in [-0.25, -0.2) is 14.4 Å². The second kappa shape index (κ2) is 7.14. The van der Waals surface area contributed by atoms with Gasteiger partial charge in [0.05, 0.1) is 28.7 Å². The second-order valence-corrected chi connectivity index (χ2v) is 7.09. The lowest BCUT2D eigenvalue weighted by molar-refractivity contribution is 0.0732. The number of rotatable bonds is 3. The Labute approximate surface area is 162 Å². The van der Waals surface area contributed by atoms with Crippen LogP contribution in [0.1, 0.15) is 52.2 Å². The van der Waals surface area contributed by atoms with Crippen molar-refractivity contribution in [2.24, 2.45) is 0 Å². The molecule has 0 aliphatic carbocycles. The number of likely N-dealkylation sites (tertiary alicyclic amines) is 1. The summed E-state index contributed by atoms with van der Waals surface area (Å²) in [4.78, 5) is 24.0. The molecule has 6 nitrogen and oxygen atoms in total. The fraction of sp³-hybridized carbons (Fsp3) is 0.333. The highest BCUT2D eigenvalue weighted by molar-refractivity contribution is 5.94. The molecule has 144 valence electrons. The van der Waals surface area contributed by atoms with E-state index in [1.807, 2.05) is 31.7 Å². The summed E-state index contributed by atoms with van der Waals surface area (Å²) < 4.78 is 18.5. The van der Waals surface area contributed by atoms with E-state index in [0.717, 1.165) is 35.5 Å². The van der Waals surface area contributed by atoms with Crippen molar-refractivity contribution >= 4 is 5.91 Å². The summed E-state index contributed by atoms with van der Waals surface area (Å²) in [7, 11) is 0. The maximum atomic E-state index is 13.2. The van der Waals surface area contributed by atoms with Crippen molar-refractivity contribution in [3.8, 4) is 11.3 Å². The van der Waals surface area contributed by atoms with Crippen LogP contribution in [0.2, 0.25) is 0 Å². The summed E-state index contributed by atoms with van der Waals surface area (Å²) in [5.74, 6) is 0.864. The standard InChI is InChI=1S/C21H21FN4O2/c1-12-20(13(2)28-25-12)18-11-17(23-14(3)24-18)19-5-4-10-26(19)21(27)15-6-8-16(22)9-7-15/h6-9,11,19H,4-5,10H2,1-3H3/t19-/m1/s1. The van der Waals surface area contributed by atoms with Crippen LogP contribution in [0.3, 0.4) is 0 Å². The number of aromatic nitrogens is 3. The van der Waals surface area contributed by atoms with E-state index < -0.39 is 0 Å². The van der Waals surface area contributed by atoms with Crippen LogP contribution < -0.4 is 0 Å². The number of hydrogen-bond donors (Lipinski definition) is 0. The number of amides is 1. The monoisotopic (exact) mass is 380 g/mol. The molecule has 3 heterocycles. The van der Waals surface area contributed by atoms with E-state index in [-0.39, 0.29) is 17.8 Å². The summed E-state index contributed by atoms with van der Waals surface area (Å²) >= 11 is 0. The first-order valence-corrected chi connectivity index (χ1v) is 9.29. The van der Waals surface area contributed by atoms with Crippen LogP contribution in [-0.2, 0) is 0 Å². The van der Waals surface area contributed by atoms with E-state index in [1.165, 1.54) is 24.3 Å². The van der Waals surface area contributed by atoms with E-state index in [1.54, 1.807) is 0 Å². The Morgan fingerprint density at radius 1 is 1.18 bits per heavy atom. The van der Waals surface area contributed by atoms with Gasteiger partial charge in [0, 0.05) is 12.1 Å². The summed E-state index contributed by atoms with van der Waals surface area (Å²) in [5, 5.41) is 4.01. The summed E-state index contributed by atoms with van der Waals surface area (Å²) in [6.45, 7) is 6.21. The van der Waals surface area contributed by atoms with Gasteiger partial charge in [0.25, 0.3) is 5.91 Å². The maximum Gasteiger partial charge on any atom is 0.254 e. The average molecular weight is 380 g/mol. The fourth-order valence-corrected chi connectivity index (χ4v) is 3.81. The number of halogens is 1. The molecule has 1 saturated heterocycles. The molecule has 3 aromatic rings. The molecule has 1 aromatic carbocycles. The molecular formula is C21H21FN4O2. The highest BCUT2D eigenvalue weighted by Gasteiger charge is 2.32. The molecule has 4 rings (SSSR count). The number of carbonyl (C=O) groups is 1. The van der Waals surface area contributed by atoms with E-state index >= 15 is 0 Å². The molecule has 1 atom stereocenters. The lowest BCUT2D eigenvalue weighted by Gasteiger charge is -2.25. The largest absolute Gasteiger partial charge is 0.361 e. The third-order valence-electron chi connectivity index (χ3n) is 5.09. The molecule has 0 unspecified atom stereocenters. The van der Waals surface area contributed by atoms with Crippen LogP contribution in [-0.4, -0.2) is 32.5 Å². The topological polar surface area (TPSA) is 72.1 Å². The smallest absolute Gasteiger partial charge is 0.254 e. The summed E-state index contributed by atoms with van der Waals surface area (Å²) in [6, 6.07) is 7.44. The van der Waals surface area contributed by atoms with Crippen LogP contribution >= 0.6 is 0 Å². The molecular weight excluding hydrogens is 359 g/mol. The molecule has 1 aliphatic heterocycles. The minimum absolute atomic E-state index is 0.113. The van der Waals surface area contributed by atoms with Gasteiger partial charge in [-0.15, -0.1) is 0 Å². The quantitative estimate of drug-likeness (QED) is 0.682. The molecule has 2 aromatic heterocycles. The Morgan fingerprint density at radius 2 is 1.93 bits per heavy atom. The highest BCUT2D eigenvalue weighted by Crippen LogP contribution is 2.34. The Bertz CT molecular complexity index is 1010. The van der Waals surface area contributed by atoms with Crippen LogP contribution in [0, 0.1) is 26.6 Å². The van der Waals surface area contributed by atoms with Gasteiger partial charge in [-0.05, 0) is 63.9 Å². The van der Waals surface area contributed by atoms with Crippen LogP contribution in [0.4, 0.5) is 4.39 Å². The van der Waals surface area contributed by atoms with Crippen LogP contribution in [0.25, 0.3) is 11.3 Å². The van der Waals surface area contributed by atoms with Gasteiger partial charge < -0.3 is 9.42 Å². The van der Waals surface area contributed by atoms with Gasteiger partial charge in [0.15, 0.2) is 0 Å². The number of hydrogen-bond acceptors (Lipinski definition) is 5. The zero-order valence-electron chi connectivity index (χ0n) is 16.1. The molecule has 0 N–H and O–H groups in total. The predicted octanol–water partition coefficient (Wildman–Crippen LogP) is 4.17. The van der Waals surface area contributed by atoms with Gasteiger partial charge >= 0.3 is 0 Å². The number of carbonyl (C=O) groups excluding carboxylic acids is 1. The van der Waals surface area contributed by atoms with Gasteiger partial charge in [-0.1, -0.05) is 5.16 Å². The Kier molecular flexibility index (Phi) is 4.66. The van der Waals surface area contributed by atoms with Gasteiger partial charge in [-0.3, -0.25) is 4.79 Å². The summed E-state index contributed by atoms with van der Waals surface area (Å²) in [6.07, 6.45) is 1.71. The van der Waals surface area contributed by atoms with Crippen LogP contribution in [0.15, 0.2) is 34.9 Å². The van der Waals surface area contributed by atoms with Gasteiger partial charge in [0.2, 0.25) is 0 Å². The molecule has 1 fully saturated rings. The minimum atomic E-state index is -0.356. The van der Waals surface area contributed by atoms with E-state index in [9.17, 15) is 9.18 Å². The predicted molar refractivity (Wildman–Crippen MR) is 101 cm³/mol. The Balaban J connectivity index is 1.70. The highest BCUT2D eigenvalue weighted by atomic mass is 19.1. The fourth-order valence-electron chi connectivity index (χ4n) is 3.81. The molecule has 1 aliphatic rings. The molecule has 1 amide bonds. The first-order valence-electron chi connectivity index (χ1n) is 9.29. The second-order valence-electron chi connectivity index (χ2n) is 7.09. The van der Waals surface area contributed by atoms with E-state index in [4.69, 9.17) is 4.52 Å². The molecule has 0 radical (unpaired) electrons. The molecule has 0 saturated carbocycles. The zero-order chi connectivity index (χ0) is 19.8. The lowest BCUT2D eigenvalue weighted by atomic mass is 10.1. The average Bonchev–Trinajstić information content (AvgIpc) is 3.28. The summed E-state index contributed by atoms with van der Waals surface area (Å²) in [5.41, 5.74) is 3.66. The first-order chi connectivity index (χ1) is 13.4. The van der Waals surface area contributed by atoms with Gasteiger partial charge in [0.1, 0.15) is 17.4 Å². The van der Waals surface area contributed by atoms with Crippen molar-refractivity contribution < 1.29 is 13.7 Å². The van der Waals surface area contributed by atoms with Crippen LogP contribution in [0.5, 0.6) is 0 Å². The maximum absolute atomic E-state index is 13.2. The van der Waals surface area contributed by atoms with Crippen molar-refractivity contribution in [1.82, 2.24) is 20.0 Å². The molecule has 0 spiro atoms.